The van der Waals surface area contributed by atoms with E-state index in [0.29, 0.717) is 19.8 Å². The fourth-order valence-corrected chi connectivity index (χ4v) is 2.55. The molecule has 2 aliphatic heterocycles. The van der Waals surface area contributed by atoms with E-state index in [4.69, 9.17) is 14.6 Å². The molecule has 0 unspecified atom stereocenters. The van der Waals surface area contributed by atoms with Crippen molar-refractivity contribution in [1.82, 2.24) is 4.98 Å². The van der Waals surface area contributed by atoms with Gasteiger partial charge in [-0.2, -0.15) is 0 Å². The molecule has 0 bridgehead atoms. The zero-order valence-corrected chi connectivity index (χ0v) is 9.31. The maximum absolute atomic E-state index is 10.9. The second kappa shape index (κ2) is 3.78. The van der Waals surface area contributed by atoms with Crippen LogP contribution in [0.5, 0.6) is 0 Å². The molecule has 90 valence electrons. The summed E-state index contributed by atoms with van der Waals surface area (Å²) in [6, 6.07) is 1.65. The molecular weight excluding hydrogens is 222 g/mol. The molecule has 1 N–H and O–H groups in total. The molecule has 17 heavy (non-hydrogen) atoms. The first-order valence-electron chi connectivity index (χ1n) is 5.66. The Morgan fingerprint density at radius 3 is 2.88 bits per heavy atom. The van der Waals surface area contributed by atoms with E-state index in [1.165, 1.54) is 0 Å². The number of aromatic nitrogens is 1. The van der Waals surface area contributed by atoms with E-state index in [0.717, 1.165) is 24.0 Å². The molecule has 0 atom stereocenters. The summed E-state index contributed by atoms with van der Waals surface area (Å²) < 4.78 is 11.2. The summed E-state index contributed by atoms with van der Waals surface area (Å²) in [6.07, 6.45) is 3.18. The Hall–Kier alpha value is -1.46. The zero-order valence-electron chi connectivity index (χ0n) is 9.31. The van der Waals surface area contributed by atoms with Gasteiger partial charge in [0.15, 0.2) is 0 Å². The molecule has 3 rings (SSSR count). The van der Waals surface area contributed by atoms with Crippen molar-refractivity contribution in [3.8, 4) is 0 Å². The summed E-state index contributed by atoms with van der Waals surface area (Å²) >= 11 is 0. The minimum absolute atomic E-state index is 0.0834. The molecule has 0 saturated carbocycles. The van der Waals surface area contributed by atoms with Crippen molar-refractivity contribution >= 4 is 5.97 Å². The van der Waals surface area contributed by atoms with Crippen molar-refractivity contribution in [3.05, 3.63) is 29.1 Å². The van der Waals surface area contributed by atoms with Crippen molar-refractivity contribution in [2.24, 2.45) is 0 Å². The number of nitrogens with zero attached hydrogens (tertiary/aromatic N) is 1. The van der Waals surface area contributed by atoms with Gasteiger partial charge in [0.25, 0.3) is 0 Å². The van der Waals surface area contributed by atoms with Crippen LogP contribution in [0.15, 0.2) is 12.3 Å². The van der Waals surface area contributed by atoms with Gasteiger partial charge < -0.3 is 14.6 Å². The fourth-order valence-electron chi connectivity index (χ4n) is 2.55. The maximum atomic E-state index is 10.9. The summed E-state index contributed by atoms with van der Waals surface area (Å²) in [5, 5.41) is 8.97. The summed E-state index contributed by atoms with van der Waals surface area (Å²) in [5.74, 6) is -0.998. The number of hydrogen-bond acceptors (Lipinski definition) is 4. The van der Waals surface area contributed by atoms with Crippen LogP contribution in [0.2, 0.25) is 0 Å². The lowest BCUT2D eigenvalue weighted by Gasteiger charge is -2.33. The largest absolute Gasteiger partial charge is 0.477 e. The van der Waals surface area contributed by atoms with E-state index >= 15 is 0 Å². The Labute approximate surface area is 98.4 Å². The van der Waals surface area contributed by atoms with E-state index in [1.54, 1.807) is 12.3 Å². The zero-order chi connectivity index (χ0) is 11.9. The summed E-state index contributed by atoms with van der Waals surface area (Å²) in [5.41, 5.74) is 1.71. The molecule has 0 amide bonds. The topological polar surface area (TPSA) is 68.7 Å². The van der Waals surface area contributed by atoms with Crippen LogP contribution < -0.4 is 0 Å². The number of fused-ring (bicyclic) bond motifs is 2. The number of rotatable bonds is 1. The first-order valence-corrected chi connectivity index (χ1v) is 5.66. The molecule has 1 aromatic heterocycles. The fraction of sp³-hybridized carbons (Fsp3) is 0.500. The third-order valence-corrected chi connectivity index (χ3v) is 3.50. The lowest BCUT2D eigenvalue weighted by molar-refractivity contribution is -0.107. The minimum Gasteiger partial charge on any atom is -0.477 e. The van der Waals surface area contributed by atoms with E-state index in [1.807, 2.05) is 0 Å². The van der Waals surface area contributed by atoms with Crippen molar-refractivity contribution in [3.63, 3.8) is 0 Å². The molecule has 3 heterocycles. The Morgan fingerprint density at radius 1 is 1.41 bits per heavy atom. The van der Waals surface area contributed by atoms with Crippen molar-refractivity contribution < 1.29 is 19.4 Å². The molecule has 1 spiro atoms. The van der Waals surface area contributed by atoms with Crippen molar-refractivity contribution in [2.75, 3.05) is 13.2 Å². The smallest absolute Gasteiger partial charge is 0.354 e. The molecule has 1 fully saturated rings. The van der Waals surface area contributed by atoms with E-state index in [-0.39, 0.29) is 11.3 Å². The highest BCUT2D eigenvalue weighted by Gasteiger charge is 2.42. The van der Waals surface area contributed by atoms with Gasteiger partial charge >= 0.3 is 5.97 Å². The van der Waals surface area contributed by atoms with Gasteiger partial charge in [-0.3, -0.25) is 0 Å². The highest BCUT2D eigenvalue weighted by molar-refractivity contribution is 5.85. The molecule has 0 aliphatic carbocycles. The molecule has 0 aromatic carbocycles. The highest BCUT2D eigenvalue weighted by atomic mass is 16.5. The van der Waals surface area contributed by atoms with Gasteiger partial charge in [0.05, 0.1) is 12.2 Å². The number of carboxylic acid groups (broad SMARTS) is 1. The van der Waals surface area contributed by atoms with E-state index < -0.39 is 5.97 Å². The van der Waals surface area contributed by atoms with Gasteiger partial charge in [0.1, 0.15) is 5.69 Å². The van der Waals surface area contributed by atoms with Gasteiger partial charge in [0.2, 0.25) is 0 Å². The molecule has 2 aliphatic rings. The van der Waals surface area contributed by atoms with Gasteiger partial charge in [-0.25, -0.2) is 9.78 Å². The quantitative estimate of drug-likeness (QED) is 0.795. The number of pyridine rings is 1. The number of carboxylic acids is 1. The SMILES string of the molecule is O=C(O)c1cc2c(cn1)COC21CCOCC1. The molecule has 5 nitrogen and oxygen atoms in total. The van der Waals surface area contributed by atoms with Gasteiger partial charge in [-0.05, 0) is 11.6 Å². The lowest BCUT2D eigenvalue weighted by Crippen LogP contribution is -2.33. The van der Waals surface area contributed by atoms with Crippen molar-refractivity contribution in [1.29, 1.82) is 0 Å². The predicted octanol–water partition coefficient (Wildman–Crippen LogP) is 1.32. The van der Waals surface area contributed by atoms with E-state index in [2.05, 4.69) is 4.98 Å². The first kappa shape index (κ1) is 10.7. The van der Waals surface area contributed by atoms with E-state index in [9.17, 15) is 4.79 Å². The van der Waals surface area contributed by atoms with Crippen LogP contribution in [0.3, 0.4) is 0 Å². The van der Waals surface area contributed by atoms with Crippen LogP contribution in [0.25, 0.3) is 0 Å². The van der Waals surface area contributed by atoms with Crippen LogP contribution in [0.4, 0.5) is 0 Å². The molecule has 1 saturated heterocycles. The average molecular weight is 235 g/mol. The Bertz CT molecular complexity index is 460. The van der Waals surface area contributed by atoms with Crippen LogP contribution in [-0.4, -0.2) is 29.3 Å². The Kier molecular flexibility index (Phi) is 2.38. The normalized spacial score (nSPS) is 21.4. The number of ether oxygens (including phenoxy) is 2. The molecule has 1 aromatic rings. The second-order valence-corrected chi connectivity index (χ2v) is 4.43. The summed E-state index contributed by atoms with van der Waals surface area (Å²) in [7, 11) is 0. The average Bonchev–Trinajstić information content (AvgIpc) is 2.69. The third kappa shape index (κ3) is 1.62. The van der Waals surface area contributed by atoms with Crippen LogP contribution in [0.1, 0.15) is 34.5 Å². The monoisotopic (exact) mass is 235 g/mol. The molecular formula is C12H13NO4. The van der Waals surface area contributed by atoms with Crippen molar-refractivity contribution in [2.45, 2.75) is 25.0 Å². The Balaban J connectivity index is 2.04. The summed E-state index contributed by atoms with van der Waals surface area (Å²) in [4.78, 5) is 14.9. The van der Waals surface area contributed by atoms with Gasteiger partial charge in [-0.15, -0.1) is 0 Å². The van der Waals surface area contributed by atoms with Crippen LogP contribution in [-0.2, 0) is 21.7 Å². The standard InChI is InChI=1S/C12H13NO4/c14-11(15)10-5-9-8(6-13-10)7-17-12(9)1-3-16-4-2-12/h5-6H,1-4,7H2,(H,14,15). The lowest BCUT2D eigenvalue weighted by atomic mass is 9.86. The van der Waals surface area contributed by atoms with Crippen LogP contribution >= 0.6 is 0 Å². The first-order chi connectivity index (χ1) is 8.21. The molecule has 5 heteroatoms. The Morgan fingerprint density at radius 2 is 2.18 bits per heavy atom. The number of aromatic carboxylic acids is 1. The highest BCUT2D eigenvalue weighted by Crippen LogP contribution is 2.43. The van der Waals surface area contributed by atoms with Gasteiger partial charge in [0, 0.05) is 37.8 Å². The van der Waals surface area contributed by atoms with Crippen LogP contribution in [0, 0.1) is 0 Å². The predicted molar refractivity (Wildman–Crippen MR) is 57.7 cm³/mol. The number of carbonyl (C=O) groups is 1. The summed E-state index contributed by atoms with van der Waals surface area (Å²) in [6.45, 7) is 1.83. The third-order valence-electron chi connectivity index (χ3n) is 3.50. The minimum atomic E-state index is -0.998. The van der Waals surface area contributed by atoms with Gasteiger partial charge in [-0.1, -0.05) is 0 Å². The second-order valence-electron chi connectivity index (χ2n) is 4.43. The maximum Gasteiger partial charge on any atom is 0.354 e. The number of hydrogen-bond donors (Lipinski definition) is 1. The molecule has 0 radical (unpaired) electrons.